The molecular weight excluding hydrogens is 324 g/mol. The van der Waals surface area contributed by atoms with Crippen LogP contribution in [0.4, 0.5) is 0 Å². The van der Waals surface area contributed by atoms with Crippen molar-refractivity contribution in [3.8, 4) is 5.82 Å². The third-order valence-corrected chi connectivity index (χ3v) is 5.26. The van der Waals surface area contributed by atoms with Gasteiger partial charge in [0.1, 0.15) is 5.82 Å². The largest absolute Gasteiger partial charge is 0.396 e. The number of aliphatic hydroxyl groups excluding tert-OH is 1. The van der Waals surface area contributed by atoms with Gasteiger partial charge in [0.2, 0.25) is 0 Å². The Kier molecular flexibility index (Phi) is 6.83. The molecule has 0 unspecified atom stereocenters. The highest BCUT2D eigenvalue weighted by atomic mass is 16.3. The molecule has 142 valence electrons. The molecule has 1 aliphatic heterocycles. The Labute approximate surface area is 157 Å². The lowest BCUT2D eigenvalue weighted by molar-refractivity contribution is 0.0516. The topological polar surface area (TPSA) is 44.5 Å². The molecule has 1 saturated heterocycles. The Morgan fingerprint density at radius 3 is 2.81 bits per heavy atom. The monoisotopic (exact) mass is 356 g/mol. The lowest BCUT2D eigenvalue weighted by Gasteiger charge is -2.41. The molecule has 2 aromatic rings. The number of piperazine rings is 1. The van der Waals surface area contributed by atoms with Gasteiger partial charge >= 0.3 is 0 Å². The maximum atomic E-state index is 9.49. The number of aliphatic hydroxyl groups is 1. The van der Waals surface area contributed by atoms with Crippen molar-refractivity contribution in [3.05, 3.63) is 48.4 Å². The average Bonchev–Trinajstić information content (AvgIpc) is 3.10. The Morgan fingerprint density at radius 1 is 1.19 bits per heavy atom. The predicted molar refractivity (Wildman–Crippen MR) is 105 cm³/mol. The minimum absolute atomic E-state index is 0.265. The zero-order chi connectivity index (χ0) is 18.4. The van der Waals surface area contributed by atoms with E-state index in [4.69, 9.17) is 0 Å². The number of pyridine rings is 1. The summed E-state index contributed by atoms with van der Waals surface area (Å²) in [6, 6.07) is 10.7. The molecule has 0 saturated carbocycles. The van der Waals surface area contributed by atoms with Gasteiger partial charge in [-0.3, -0.25) is 9.80 Å². The fourth-order valence-electron chi connectivity index (χ4n) is 3.74. The summed E-state index contributed by atoms with van der Waals surface area (Å²) >= 11 is 0. The van der Waals surface area contributed by atoms with Crippen LogP contribution in [0.5, 0.6) is 0 Å². The van der Waals surface area contributed by atoms with Gasteiger partial charge in [-0.25, -0.2) is 4.98 Å². The lowest BCUT2D eigenvalue weighted by atomic mass is 10.1. The van der Waals surface area contributed by atoms with E-state index in [9.17, 15) is 5.11 Å². The van der Waals surface area contributed by atoms with E-state index in [-0.39, 0.29) is 6.61 Å². The molecular formula is C21H32N4O. The summed E-state index contributed by atoms with van der Waals surface area (Å²) in [4.78, 5) is 9.56. The number of hydrogen-bond acceptors (Lipinski definition) is 4. The molecule has 0 aromatic carbocycles. The highest BCUT2D eigenvalue weighted by Crippen LogP contribution is 2.18. The maximum absolute atomic E-state index is 9.49. The minimum Gasteiger partial charge on any atom is -0.396 e. The number of hydrogen-bond donors (Lipinski definition) is 1. The molecule has 3 heterocycles. The fraction of sp³-hybridized carbons (Fsp3) is 0.571. The molecule has 0 amide bonds. The van der Waals surface area contributed by atoms with Crippen LogP contribution in [0.1, 0.15) is 32.4 Å². The van der Waals surface area contributed by atoms with E-state index < -0.39 is 0 Å². The van der Waals surface area contributed by atoms with Gasteiger partial charge in [0.15, 0.2) is 0 Å². The van der Waals surface area contributed by atoms with Gasteiger partial charge < -0.3 is 9.67 Å². The van der Waals surface area contributed by atoms with Crippen LogP contribution in [-0.4, -0.2) is 63.3 Å². The van der Waals surface area contributed by atoms with Crippen molar-refractivity contribution in [1.29, 1.82) is 0 Å². The molecule has 0 aliphatic carbocycles. The third-order valence-electron chi connectivity index (χ3n) is 5.26. The van der Waals surface area contributed by atoms with Gasteiger partial charge in [-0.1, -0.05) is 19.9 Å². The van der Waals surface area contributed by atoms with Crippen molar-refractivity contribution in [2.45, 2.75) is 39.3 Å². The highest BCUT2D eigenvalue weighted by molar-refractivity contribution is 5.27. The van der Waals surface area contributed by atoms with Crippen LogP contribution in [0.15, 0.2) is 42.7 Å². The van der Waals surface area contributed by atoms with Gasteiger partial charge in [0.05, 0.1) is 0 Å². The zero-order valence-electron chi connectivity index (χ0n) is 16.1. The van der Waals surface area contributed by atoms with Crippen LogP contribution in [-0.2, 0) is 6.54 Å². The molecule has 1 aliphatic rings. The molecule has 0 radical (unpaired) electrons. The second-order valence-corrected chi connectivity index (χ2v) is 7.68. The summed E-state index contributed by atoms with van der Waals surface area (Å²) in [6.07, 6.45) is 6.01. The Bertz CT molecular complexity index is 655. The fourth-order valence-corrected chi connectivity index (χ4v) is 3.74. The van der Waals surface area contributed by atoms with E-state index >= 15 is 0 Å². The quantitative estimate of drug-likeness (QED) is 0.790. The van der Waals surface area contributed by atoms with Crippen LogP contribution in [0.25, 0.3) is 5.82 Å². The van der Waals surface area contributed by atoms with E-state index in [1.165, 1.54) is 12.1 Å². The molecule has 5 heteroatoms. The lowest BCUT2D eigenvalue weighted by Crippen LogP contribution is -2.53. The number of rotatable bonds is 8. The van der Waals surface area contributed by atoms with E-state index in [1.807, 2.05) is 24.4 Å². The van der Waals surface area contributed by atoms with Gasteiger partial charge in [0, 0.05) is 56.9 Å². The van der Waals surface area contributed by atoms with Gasteiger partial charge in [-0.2, -0.15) is 0 Å². The van der Waals surface area contributed by atoms with Crippen molar-refractivity contribution in [2.75, 3.05) is 32.8 Å². The predicted octanol–water partition coefficient (Wildman–Crippen LogP) is 2.79. The SMILES string of the molecule is CC(C)CCN1CCN(Cc2cccn2-c2ccccn2)C[C@H]1CCO. The van der Waals surface area contributed by atoms with Crippen LogP contribution in [0, 0.1) is 5.92 Å². The molecule has 5 nitrogen and oxygen atoms in total. The summed E-state index contributed by atoms with van der Waals surface area (Å²) in [5.41, 5.74) is 1.27. The van der Waals surface area contributed by atoms with E-state index in [0.717, 1.165) is 50.9 Å². The summed E-state index contributed by atoms with van der Waals surface area (Å²) in [5, 5.41) is 9.49. The molecule has 3 rings (SSSR count). The average molecular weight is 357 g/mol. The molecule has 2 aromatic heterocycles. The maximum Gasteiger partial charge on any atom is 0.136 e. The Balaban J connectivity index is 1.64. The Morgan fingerprint density at radius 2 is 2.08 bits per heavy atom. The summed E-state index contributed by atoms with van der Waals surface area (Å²) in [7, 11) is 0. The van der Waals surface area contributed by atoms with Crippen molar-refractivity contribution < 1.29 is 5.11 Å². The summed E-state index contributed by atoms with van der Waals surface area (Å²) in [6.45, 7) is 10.1. The second-order valence-electron chi connectivity index (χ2n) is 7.68. The zero-order valence-corrected chi connectivity index (χ0v) is 16.1. The van der Waals surface area contributed by atoms with Gasteiger partial charge in [0.25, 0.3) is 0 Å². The van der Waals surface area contributed by atoms with Crippen molar-refractivity contribution in [2.24, 2.45) is 5.92 Å². The van der Waals surface area contributed by atoms with Crippen molar-refractivity contribution in [3.63, 3.8) is 0 Å². The van der Waals surface area contributed by atoms with E-state index in [1.54, 1.807) is 0 Å². The molecule has 1 atom stereocenters. The second kappa shape index (κ2) is 9.31. The molecule has 26 heavy (non-hydrogen) atoms. The molecule has 0 bridgehead atoms. The van der Waals surface area contributed by atoms with Crippen molar-refractivity contribution >= 4 is 0 Å². The first-order valence-corrected chi connectivity index (χ1v) is 9.82. The summed E-state index contributed by atoms with van der Waals surface area (Å²) in [5.74, 6) is 1.69. The first kappa shape index (κ1) is 19.1. The summed E-state index contributed by atoms with van der Waals surface area (Å²) < 4.78 is 2.17. The third kappa shape index (κ3) is 4.93. The number of aromatic nitrogens is 2. The van der Waals surface area contributed by atoms with Crippen LogP contribution < -0.4 is 0 Å². The van der Waals surface area contributed by atoms with Crippen LogP contribution in [0.3, 0.4) is 0 Å². The molecule has 1 N–H and O–H groups in total. The smallest absolute Gasteiger partial charge is 0.136 e. The normalized spacial score (nSPS) is 19.3. The van der Waals surface area contributed by atoms with E-state index in [0.29, 0.717) is 6.04 Å². The van der Waals surface area contributed by atoms with Gasteiger partial charge in [-0.15, -0.1) is 0 Å². The molecule has 0 spiro atoms. The van der Waals surface area contributed by atoms with Gasteiger partial charge in [-0.05, 0) is 49.6 Å². The van der Waals surface area contributed by atoms with Crippen molar-refractivity contribution in [1.82, 2.24) is 19.4 Å². The molecule has 1 fully saturated rings. The first-order chi connectivity index (χ1) is 12.7. The van der Waals surface area contributed by atoms with E-state index in [2.05, 4.69) is 51.5 Å². The minimum atomic E-state index is 0.265. The standard InChI is InChI=1S/C21H32N4O/c1-18(2)8-12-24-14-13-23(16-19(24)9-15-26)17-20-6-5-11-25(20)21-7-3-4-10-22-21/h3-7,10-11,18-19,26H,8-9,12-17H2,1-2H3/t19-/m1/s1. The van der Waals surface area contributed by atoms with Crippen LogP contribution in [0.2, 0.25) is 0 Å². The first-order valence-electron chi connectivity index (χ1n) is 9.82. The Hall–Kier alpha value is -1.69. The highest BCUT2D eigenvalue weighted by Gasteiger charge is 2.26. The van der Waals surface area contributed by atoms with Crippen LogP contribution >= 0.6 is 0 Å². The number of nitrogens with zero attached hydrogens (tertiary/aromatic N) is 4.